The van der Waals surface area contributed by atoms with Gasteiger partial charge in [0.25, 0.3) is 11.8 Å². The lowest BCUT2D eigenvalue weighted by Gasteiger charge is -2.14. The number of benzene rings is 3. The van der Waals surface area contributed by atoms with Gasteiger partial charge in [-0.25, -0.2) is 9.59 Å². The summed E-state index contributed by atoms with van der Waals surface area (Å²) in [6.45, 7) is 0.520. The molecule has 0 spiro atoms. The van der Waals surface area contributed by atoms with Gasteiger partial charge in [0, 0.05) is 6.54 Å². The Bertz CT molecular complexity index is 1750. The number of imide groups is 1. The normalized spacial score (nSPS) is 12.4. The van der Waals surface area contributed by atoms with Gasteiger partial charge in [-0.05, 0) is 42.8 Å². The fraction of sp³-hybridized carbons (Fsp3) is 0.103. The van der Waals surface area contributed by atoms with Gasteiger partial charge in [0.2, 0.25) is 0 Å². The van der Waals surface area contributed by atoms with Crippen LogP contribution >= 0.6 is 0 Å². The van der Waals surface area contributed by atoms with Crippen molar-refractivity contribution < 1.29 is 28.3 Å². The number of nitrogens with zero attached hydrogens (tertiary/aromatic N) is 1. The largest absolute Gasteiger partial charge is 0.507 e. The predicted molar refractivity (Wildman–Crippen MR) is 139 cm³/mol. The second-order valence-corrected chi connectivity index (χ2v) is 8.38. The van der Waals surface area contributed by atoms with Crippen LogP contribution in [0.2, 0.25) is 0 Å². The molecule has 0 saturated heterocycles. The minimum Gasteiger partial charge on any atom is -0.507 e. The van der Waals surface area contributed by atoms with Crippen LogP contribution in [-0.4, -0.2) is 35.0 Å². The van der Waals surface area contributed by atoms with Crippen LogP contribution in [0.3, 0.4) is 0 Å². The summed E-state index contributed by atoms with van der Waals surface area (Å²) in [5.41, 5.74) is 0.707. The van der Waals surface area contributed by atoms with E-state index in [4.69, 9.17) is 13.6 Å². The van der Waals surface area contributed by atoms with Crippen LogP contribution in [0.4, 0.5) is 0 Å². The molecule has 2 amide bonds. The number of para-hydroxylation sites is 2. The summed E-state index contributed by atoms with van der Waals surface area (Å²) in [4.78, 5) is 48.2. The van der Waals surface area contributed by atoms with Crippen LogP contribution in [0.25, 0.3) is 21.9 Å². The van der Waals surface area contributed by atoms with Crippen LogP contribution in [0.15, 0.2) is 103 Å². The molecule has 9 heteroatoms. The number of rotatable bonds is 5. The van der Waals surface area contributed by atoms with E-state index in [-0.39, 0.29) is 30.7 Å². The molecular formula is C29H21NO8. The number of aromatic hydroxyl groups is 1. The zero-order valence-corrected chi connectivity index (χ0v) is 20.0. The monoisotopic (exact) mass is 511 g/mol. The standard InChI is InChI=1S/C20H15NO5.C9H6O3/c22-18-12-17(15-8-3-4-9-16(15)26-18)25-11-5-10-21-19(23)13-6-1-2-7-14(13)20(21)24;10-7-5-9(11)12-8-4-2-1-3-6(7)8/h1-4,6-9,12H,5,10-11H2;1-5,10H. The van der Waals surface area contributed by atoms with Gasteiger partial charge in [-0.3, -0.25) is 14.5 Å². The molecule has 1 aliphatic rings. The van der Waals surface area contributed by atoms with Crippen molar-refractivity contribution in [3.8, 4) is 11.5 Å². The van der Waals surface area contributed by atoms with E-state index in [1.807, 2.05) is 6.07 Å². The Morgan fingerprint density at radius 1 is 0.684 bits per heavy atom. The van der Waals surface area contributed by atoms with Gasteiger partial charge >= 0.3 is 11.3 Å². The lowest BCUT2D eigenvalue weighted by atomic mass is 10.1. The van der Waals surface area contributed by atoms with Crippen molar-refractivity contribution in [3.05, 3.63) is 117 Å². The molecule has 0 saturated carbocycles. The Labute approximate surface area is 215 Å². The molecule has 9 nitrogen and oxygen atoms in total. The van der Waals surface area contributed by atoms with Gasteiger partial charge in [0.15, 0.2) is 0 Å². The van der Waals surface area contributed by atoms with E-state index >= 15 is 0 Å². The first-order valence-electron chi connectivity index (χ1n) is 11.7. The van der Waals surface area contributed by atoms with E-state index in [0.29, 0.717) is 45.2 Å². The molecule has 0 bridgehead atoms. The van der Waals surface area contributed by atoms with E-state index in [1.54, 1.807) is 66.7 Å². The number of hydrogen-bond acceptors (Lipinski definition) is 8. The van der Waals surface area contributed by atoms with Gasteiger partial charge in [0.05, 0.1) is 40.6 Å². The quantitative estimate of drug-likeness (QED) is 0.210. The van der Waals surface area contributed by atoms with Crippen molar-refractivity contribution in [2.75, 3.05) is 13.2 Å². The Morgan fingerprint density at radius 3 is 1.87 bits per heavy atom. The highest BCUT2D eigenvalue weighted by Crippen LogP contribution is 2.25. The number of carbonyl (C=O) groups is 2. The fourth-order valence-corrected chi connectivity index (χ4v) is 4.14. The van der Waals surface area contributed by atoms with Crippen molar-refractivity contribution in [1.82, 2.24) is 4.90 Å². The highest BCUT2D eigenvalue weighted by Gasteiger charge is 2.34. The van der Waals surface area contributed by atoms with E-state index in [2.05, 4.69) is 0 Å². The molecule has 1 aliphatic heterocycles. The maximum absolute atomic E-state index is 12.3. The van der Waals surface area contributed by atoms with E-state index < -0.39 is 11.3 Å². The van der Waals surface area contributed by atoms with Crippen LogP contribution in [-0.2, 0) is 0 Å². The smallest absolute Gasteiger partial charge is 0.339 e. The molecule has 1 N–H and O–H groups in total. The summed E-state index contributed by atoms with van der Waals surface area (Å²) < 4.78 is 15.6. The SMILES string of the molecule is O=C1c2ccccc2C(=O)N1CCCOc1cc(=O)oc2ccccc12.O=c1cc(O)c2ccccc2o1. The average molecular weight is 511 g/mol. The summed E-state index contributed by atoms with van der Waals surface area (Å²) in [5.74, 6) is -0.172. The van der Waals surface area contributed by atoms with Gasteiger partial charge in [0.1, 0.15) is 22.7 Å². The first-order valence-corrected chi connectivity index (χ1v) is 11.7. The van der Waals surface area contributed by atoms with Gasteiger partial charge in [-0.15, -0.1) is 0 Å². The third-order valence-electron chi connectivity index (χ3n) is 5.90. The topological polar surface area (TPSA) is 127 Å². The fourth-order valence-electron chi connectivity index (χ4n) is 4.14. The van der Waals surface area contributed by atoms with E-state index in [1.165, 1.54) is 11.0 Å². The summed E-state index contributed by atoms with van der Waals surface area (Å²) in [6, 6.07) is 23.1. The minimum absolute atomic E-state index is 0.0400. The minimum atomic E-state index is -0.536. The van der Waals surface area contributed by atoms with Crippen molar-refractivity contribution in [3.63, 3.8) is 0 Å². The van der Waals surface area contributed by atoms with Crippen LogP contribution in [0.1, 0.15) is 27.1 Å². The Balaban J connectivity index is 0.000000204. The molecule has 2 aromatic heterocycles. The molecule has 190 valence electrons. The van der Waals surface area contributed by atoms with Crippen molar-refractivity contribution in [2.45, 2.75) is 6.42 Å². The van der Waals surface area contributed by atoms with E-state index in [9.17, 15) is 24.3 Å². The van der Waals surface area contributed by atoms with Crippen molar-refractivity contribution in [1.29, 1.82) is 0 Å². The van der Waals surface area contributed by atoms with E-state index in [0.717, 1.165) is 6.07 Å². The summed E-state index contributed by atoms with van der Waals surface area (Å²) >= 11 is 0. The maximum atomic E-state index is 12.3. The number of fused-ring (bicyclic) bond motifs is 3. The first-order chi connectivity index (χ1) is 18.4. The van der Waals surface area contributed by atoms with Gasteiger partial charge < -0.3 is 18.7 Å². The Hall–Kier alpha value is -5.18. The van der Waals surface area contributed by atoms with Crippen LogP contribution in [0.5, 0.6) is 11.5 Å². The number of amides is 2. The number of hydrogen-bond donors (Lipinski definition) is 1. The molecule has 6 rings (SSSR count). The van der Waals surface area contributed by atoms with Crippen molar-refractivity contribution in [2.24, 2.45) is 0 Å². The third-order valence-corrected chi connectivity index (χ3v) is 5.90. The average Bonchev–Trinajstić information content (AvgIpc) is 3.16. The van der Waals surface area contributed by atoms with Gasteiger partial charge in [-0.1, -0.05) is 36.4 Å². The molecule has 0 fully saturated rings. The molecule has 3 heterocycles. The summed E-state index contributed by atoms with van der Waals surface area (Å²) in [5, 5.41) is 10.5. The second-order valence-electron chi connectivity index (χ2n) is 8.38. The highest BCUT2D eigenvalue weighted by atomic mass is 16.5. The van der Waals surface area contributed by atoms with Crippen LogP contribution < -0.4 is 16.0 Å². The Morgan fingerprint density at radius 2 is 1.21 bits per heavy atom. The lowest BCUT2D eigenvalue weighted by Crippen LogP contribution is -2.31. The van der Waals surface area contributed by atoms with Gasteiger partial charge in [-0.2, -0.15) is 0 Å². The highest BCUT2D eigenvalue weighted by molar-refractivity contribution is 6.21. The molecule has 0 unspecified atom stereocenters. The molecule has 5 aromatic rings. The third kappa shape index (κ3) is 4.90. The summed E-state index contributed by atoms with van der Waals surface area (Å²) in [6.07, 6.45) is 0.458. The zero-order valence-electron chi connectivity index (χ0n) is 20.0. The zero-order chi connectivity index (χ0) is 26.6. The van der Waals surface area contributed by atoms with Crippen molar-refractivity contribution >= 4 is 33.8 Å². The molecule has 38 heavy (non-hydrogen) atoms. The first kappa shape index (κ1) is 24.5. The number of carbonyl (C=O) groups excluding carboxylic acids is 2. The number of ether oxygens (including phenoxy) is 1. The predicted octanol–water partition coefficient (Wildman–Crippen LogP) is 4.36. The lowest BCUT2D eigenvalue weighted by molar-refractivity contribution is 0.0647. The molecule has 0 atom stereocenters. The molecule has 0 radical (unpaired) electrons. The van der Waals surface area contributed by atoms with Crippen LogP contribution in [0, 0.1) is 0 Å². The maximum Gasteiger partial charge on any atom is 0.339 e. The summed E-state index contributed by atoms with van der Waals surface area (Å²) in [7, 11) is 0. The second kappa shape index (κ2) is 10.4. The molecule has 3 aromatic carbocycles. The Kier molecular flexibility index (Phi) is 6.73. The molecular weight excluding hydrogens is 490 g/mol. The molecule has 0 aliphatic carbocycles.